The molecule has 1 saturated carbocycles. The van der Waals surface area contributed by atoms with Crippen LogP contribution < -0.4 is 5.32 Å². The van der Waals surface area contributed by atoms with E-state index in [1.54, 1.807) is 0 Å². The average Bonchev–Trinajstić information content (AvgIpc) is 2.88. The zero-order valence-corrected chi connectivity index (χ0v) is 9.34. The fourth-order valence-corrected chi connectivity index (χ4v) is 1.48. The molecule has 0 aliphatic heterocycles. The summed E-state index contributed by atoms with van der Waals surface area (Å²) in [6.07, 6.45) is 4.15. The van der Waals surface area contributed by atoms with E-state index in [0.29, 0.717) is 6.04 Å². The van der Waals surface area contributed by atoms with Crippen LogP contribution in [0.5, 0.6) is 0 Å². The monoisotopic (exact) mass is 184 g/mol. The molecule has 1 N–H and O–H groups in total. The summed E-state index contributed by atoms with van der Waals surface area (Å²) >= 11 is 0. The second kappa shape index (κ2) is 5.61. The van der Waals surface area contributed by atoms with Gasteiger partial charge in [0.05, 0.1) is 0 Å². The van der Waals surface area contributed by atoms with Gasteiger partial charge in [0.15, 0.2) is 0 Å². The molecule has 1 unspecified atom stereocenters. The maximum Gasteiger partial charge on any atom is 0.0104 e. The Morgan fingerprint density at radius 1 is 1.46 bits per heavy atom. The van der Waals surface area contributed by atoms with Crippen molar-refractivity contribution in [3.8, 4) is 0 Å². The highest BCUT2D eigenvalue weighted by Crippen LogP contribution is 2.29. The summed E-state index contributed by atoms with van der Waals surface area (Å²) in [6, 6.07) is 0.675. The highest BCUT2D eigenvalue weighted by molar-refractivity contribution is 4.76. The summed E-state index contributed by atoms with van der Waals surface area (Å²) in [6.45, 7) is 8.12. The quantitative estimate of drug-likeness (QED) is 0.648. The summed E-state index contributed by atoms with van der Waals surface area (Å²) in [5, 5.41) is 3.52. The second-order valence-corrected chi connectivity index (χ2v) is 4.47. The summed E-state index contributed by atoms with van der Waals surface area (Å²) in [7, 11) is 2.23. The fraction of sp³-hybridized carbons (Fsp3) is 1.00. The molecule has 1 fully saturated rings. The van der Waals surface area contributed by atoms with Gasteiger partial charge in [0.2, 0.25) is 0 Å². The van der Waals surface area contributed by atoms with Gasteiger partial charge >= 0.3 is 0 Å². The molecular formula is C11H24N2. The molecule has 0 bridgehead atoms. The molecule has 78 valence electrons. The van der Waals surface area contributed by atoms with Gasteiger partial charge in [-0.05, 0) is 39.2 Å². The van der Waals surface area contributed by atoms with Crippen molar-refractivity contribution >= 4 is 0 Å². The van der Waals surface area contributed by atoms with Gasteiger partial charge < -0.3 is 10.2 Å². The highest BCUT2D eigenvalue weighted by Gasteiger charge is 2.22. The molecule has 0 aromatic rings. The third kappa shape index (κ3) is 5.27. The van der Waals surface area contributed by atoms with Gasteiger partial charge in [-0.15, -0.1) is 0 Å². The maximum atomic E-state index is 3.52. The van der Waals surface area contributed by atoms with Crippen LogP contribution in [0, 0.1) is 5.92 Å². The topological polar surface area (TPSA) is 15.3 Å². The molecular weight excluding hydrogens is 160 g/mol. The van der Waals surface area contributed by atoms with Crippen LogP contribution in [0.2, 0.25) is 0 Å². The van der Waals surface area contributed by atoms with Gasteiger partial charge in [0, 0.05) is 25.7 Å². The van der Waals surface area contributed by atoms with E-state index in [4.69, 9.17) is 0 Å². The lowest BCUT2D eigenvalue weighted by molar-refractivity contribution is 0.312. The van der Waals surface area contributed by atoms with E-state index in [0.717, 1.165) is 12.5 Å². The Bertz CT molecular complexity index is 132. The van der Waals surface area contributed by atoms with Crippen LogP contribution >= 0.6 is 0 Å². The van der Waals surface area contributed by atoms with Crippen molar-refractivity contribution in [3.05, 3.63) is 0 Å². The predicted octanol–water partition coefficient (Wildman–Crippen LogP) is 1.72. The molecule has 0 aromatic carbocycles. The zero-order valence-electron chi connectivity index (χ0n) is 9.34. The third-order valence-corrected chi connectivity index (χ3v) is 2.87. The normalized spacial score (nSPS) is 19.4. The number of likely N-dealkylation sites (N-methyl/N-ethyl adjacent to an activating group) is 1. The Morgan fingerprint density at radius 3 is 2.69 bits per heavy atom. The minimum Gasteiger partial charge on any atom is -0.313 e. The van der Waals surface area contributed by atoms with Crippen molar-refractivity contribution < 1.29 is 0 Å². The van der Waals surface area contributed by atoms with Gasteiger partial charge in [-0.25, -0.2) is 0 Å². The highest BCUT2D eigenvalue weighted by atomic mass is 15.1. The van der Waals surface area contributed by atoms with Gasteiger partial charge in [-0.1, -0.05) is 6.92 Å². The van der Waals surface area contributed by atoms with E-state index in [-0.39, 0.29) is 0 Å². The van der Waals surface area contributed by atoms with Crippen molar-refractivity contribution in [3.63, 3.8) is 0 Å². The van der Waals surface area contributed by atoms with Gasteiger partial charge in [-0.2, -0.15) is 0 Å². The van der Waals surface area contributed by atoms with E-state index in [9.17, 15) is 0 Å². The molecule has 0 heterocycles. The molecule has 1 aliphatic rings. The van der Waals surface area contributed by atoms with Gasteiger partial charge in [0.1, 0.15) is 0 Å². The second-order valence-electron chi connectivity index (χ2n) is 4.47. The summed E-state index contributed by atoms with van der Waals surface area (Å²) in [5.74, 6) is 1.02. The Balaban J connectivity index is 1.91. The lowest BCUT2D eigenvalue weighted by Crippen LogP contribution is -2.34. The van der Waals surface area contributed by atoms with E-state index in [2.05, 4.69) is 31.1 Å². The average molecular weight is 184 g/mol. The van der Waals surface area contributed by atoms with Crippen LogP contribution in [0.15, 0.2) is 0 Å². The van der Waals surface area contributed by atoms with E-state index < -0.39 is 0 Å². The van der Waals surface area contributed by atoms with Crippen molar-refractivity contribution in [2.45, 2.75) is 39.2 Å². The number of nitrogens with one attached hydrogen (secondary N) is 1. The Morgan fingerprint density at radius 2 is 2.15 bits per heavy atom. The van der Waals surface area contributed by atoms with Crippen LogP contribution in [0.4, 0.5) is 0 Å². The smallest absolute Gasteiger partial charge is 0.0104 e. The summed E-state index contributed by atoms with van der Waals surface area (Å²) < 4.78 is 0. The minimum absolute atomic E-state index is 0.675. The number of hydrogen-bond acceptors (Lipinski definition) is 2. The van der Waals surface area contributed by atoms with E-state index in [1.807, 2.05) is 0 Å². The molecule has 1 atom stereocenters. The fourth-order valence-electron chi connectivity index (χ4n) is 1.48. The van der Waals surface area contributed by atoms with Crippen LogP contribution in [-0.2, 0) is 0 Å². The minimum atomic E-state index is 0.675. The molecule has 2 heteroatoms. The Hall–Kier alpha value is -0.0800. The summed E-state index contributed by atoms with van der Waals surface area (Å²) in [5.41, 5.74) is 0. The van der Waals surface area contributed by atoms with Crippen LogP contribution in [0.1, 0.15) is 33.1 Å². The first-order valence-corrected chi connectivity index (χ1v) is 5.64. The molecule has 1 aliphatic carbocycles. The van der Waals surface area contributed by atoms with E-state index >= 15 is 0 Å². The lowest BCUT2D eigenvalue weighted by Gasteiger charge is -2.18. The van der Waals surface area contributed by atoms with E-state index in [1.165, 1.54) is 32.4 Å². The van der Waals surface area contributed by atoms with Crippen molar-refractivity contribution in [2.24, 2.45) is 5.92 Å². The largest absolute Gasteiger partial charge is 0.313 e. The first-order chi connectivity index (χ1) is 6.22. The van der Waals surface area contributed by atoms with Gasteiger partial charge in [0.25, 0.3) is 0 Å². The standard InChI is InChI=1S/C11H24N2/c1-4-10(2)12-7-8-13(3)9-11-5-6-11/h10-12H,4-9H2,1-3H3. The number of nitrogens with zero attached hydrogens (tertiary/aromatic N) is 1. The predicted molar refractivity (Wildman–Crippen MR) is 58.0 cm³/mol. The molecule has 2 nitrogen and oxygen atoms in total. The maximum absolute atomic E-state index is 3.52. The molecule has 0 amide bonds. The Labute approximate surface area is 82.7 Å². The van der Waals surface area contributed by atoms with Crippen LogP contribution in [-0.4, -0.2) is 37.6 Å². The van der Waals surface area contributed by atoms with Crippen molar-refractivity contribution in [1.29, 1.82) is 0 Å². The van der Waals surface area contributed by atoms with Crippen LogP contribution in [0.25, 0.3) is 0 Å². The molecule has 0 radical (unpaired) electrons. The summed E-state index contributed by atoms with van der Waals surface area (Å²) in [4.78, 5) is 2.45. The molecule has 13 heavy (non-hydrogen) atoms. The molecule has 0 saturated heterocycles. The number of rotatable bonds is 7. The third-order valence-electron chi connectivity index (χ3n) is 2.87. The lowest BCUT2D eigenvalue weighted by atomic mass is 10.2. The van der Waals surface area contributed by atoms with Crippen LogP contribution in [0.3, 0.4) is 0 Å². The van der Waals surface area contributed by atoms with Crippen molar-refractivity contribution in [2.75, 3.05) is 26.7 Å². The van der Waals surface area contributed by atoms with Crippen molar-refractivity contribution in [1.82, 2.24) is 10.2 Å². The van der Waals surface area contributed by atoms with Gasteiger partial charge in [-0.3, -0.25) is 0 Å². The first kappa shape index (κ1) is 11.0. The molecule has 0 spiro atoms. The Kier molecular flexibility index (Phi) is 4.74. The number of hydrogen-bond donors (Lipinski definition) is 1. The molecule has 0 aromatic heterocycles. The molecule has 1 rings (SSSR count). The zero-order chi connectivity index (χ0) is 9.68. The first-order valence-electron chi connectivity index (χ1n) is 5.64. The SMILES string of the molecule is CCC(C)NCCN(C)CC1CC1.